The maximum atomic E-state index is 13.2. The summed E-state index contributed by atoms with van der Waals surface area (Å²) in [5, 5.41) is 3.47. The number of pyridine rings is 2. The lowest BCUT2D eigenvalue weighted by Crippen LogP contribution is -2.23. The summed E-state index contributed by atoms with van der Waals surface area (Å²) >= 11 is 6.03. The van der Waals surface area contributed by atoms with Gasteiger partial charge in [-0.1, -0.05) is 11.6 Å². The van der Waals surface area contributed by atoms with Gasteiger partial charge in [-0.2, -0.15) is 0 Å². The van der Waals surface area contributed by atoms with Gasteiger partial charge in [-0.3, -0.25) is 9.78 Å². The molecule has 1 amide bonds. The maximum Gasteiger partial charge on any atom is 0.254 e. The summed E-state index contributed by atoms with van der Waals surface area (Å²) in [6, 6.07) is 9.38. The Morgan fingerprint density at radius 2 is 1.95 bits per heavy atom. The Bertz CT molecular complexity index is 839. The standard InChI is InChI=1S/C16H11ClFN3O/c17-15-13(7-11-1-2-12(18)8-14(11)21-15)16(22)20-9-10-3-5-19-6-4-10/h1-8H,9H2,(H,20,22). The van der Waals surface area contributed by atoms with Gasteiger partial charge in [0, 0.05) is 30.4 Å². The number of fused-ring (bicyclic) bond motifs is 1. The van der Waals surface area contributed by atoms with Crippen LogP contribution in [0, 0.1) is 5.82 Å². The molecule has 0 saturated carbocycles. The Labute approximate surface area is 131 Å². The SMILES string of the molecule is O=C(NCc1ccncc1)c1cc2ccc(F)cc2nc1Cl. The number of carbonyl (C=O) groups is 1. The van der Waals surface area contributed by atoms with Gasteiger partial charge < -0.3 is 5.32 Å². The van der Waals surface area contributed by atoms with Crippen molar-refractivity contribution in [2.45, 2.75) is 6.54 Å². The van der Waals surface area contributed by atoms with E-state index in [2.05, 4.69) is 15.3 Å². The molecule has 6 heteroatoms. The van der Waals surface area contributed by atoms with Crippen LogP contribution >= 0.6 is 11.6 Å². The summed E-state index contributed by atoms with van der Waals surface area (Å²) in [7, 11) is 0. The molecule has 1 aromatic carbocycles. The number of hydrogen-bond acceptors (Lipinski definition) is 3. The number of carbonyl (C=O) groups excluding carboxylic acids is 1. The third-order valence-electron chi connectivity index (χ3n) is 3.18. The number of benzene rings is 1. The molecule has 0 spiro atoms. The molecule has 0 saturated heterocycles. The quantitative estimate of drug-likeness (QED) is 0.754. The zero-order valence-electron chi connectivity index (χ0n) is 11.4. The smallest absolute Gasteiger partial charge is 0.254 e. The molecular weight excluding hydrogens is 305 g/mol. The lowest BCUT2D eigenvalue weighted by Gasteiger charge is -2.08. The number of nitrogens with zero attached hydrogens (tertiary/aromatic N) is 2. The van der Waals surface area contributed by atoms with Crippen LogP contribution in [0.3, 0.4) is 0 Å². The Morgan fingerprint density at radius 3 is 2.73 bits per heavy atom. The Balaban J connectivity index is 1.84. The van der Waals surface area contributed by atoms with Crippen molar-refractivity contribution in [1.82, 2.24) is 15.3 Å². The number of aromatic nitrogens is 2. The molecule has 3 rings (SSSR count). The van der Waals surface area contributed by atoms with E-state index in [1.54, 1.807) is 24.5 Å². The van der Waals surface area contributed by atoms with Crippen molar-refractivity contribution in [3.63, 3.8) is 0 Å². The molecule has 0 bridgehead atoms. The van der Waals surface area contributed by atoms with Crippen LogP contribution in [0.15, 0.2) is 48.8 Å². The van der Waals surface area contributed by atoms with Crippen molar-refractivity contribution in [3.05, 3.63) is 70.9 Å². The van der Waals surface area contributed by atoms with E-state index < -0.39 is 5.82 Å². The van der Waals surface area contributed by atoms with E-state index in [0.717, 1.165) is 5.56 Å². The van der Waals surface area contributed by atoms with Crippen LogP contribution in [0.2, 0.25) is 5.15 Å². The zero-order chi connectivity index (χ0) is 15.5. The number of nitrogens with one attached hydrogen (secondary N) is 1. The minimum atomic E-state index is -0.397. The Kier molecular flexibility index (Phi) is 3.98. The Hall–Kier alpha value is -2.53. The molecule has 0 aliphatic rings. The second-order valence-corrected chi connectivity index (χ2v) is 5.06. The molecule has 0 atom stereocenters. The first-order chi connectivity index (χ1) is 10.6. The molecule has 0 unspecified atom stereocenters. The van der Waals surface area contributed by atoms with Crippen LogP contribution in [-0.2, 0) is 6.54 Å². The van der Waals surface area contributed by atoms with Crippen LogP contribution in [0.1, 0.15) is 15.9 Å². The van der Waals surface area contributed by atoms with Gasteiger partial charge in [0.25, 0.3) is 5.91 Å². The molecule has 4 nitrogen and oxygen atoms in total. The number of hydrogen-bond donors (Lipinski definition) is 1. The fraction of sp³-hybridized carbons (Fsp3) is 0.0625. The van der Waals surface area contributed by atoms with Crippen LogP contribution < -0.4 is 5.32 Å². The number of rotatable bonds is 3. The van der Waals surface area contributed by atoms with E-state index in [0.29, 0.717) is 17.4 Å². The van der Waals surface area contributed by atoms with Crippen molar-refractivity contribution in [2.75, 3.05) is 0 Å². The fourth-order valence-electron chi connectivity index (χ4n) is 2.05. The van der Waals surface area contributed by atoms with Gasteiger partial charge in [0.15, 0.2) is 0 Å². The molecule has 110 valence electrons. The topological polar surface area (TPSA) is 54.9 Å². The van der Waals surface area contributed by atoms with Crippen molar-refractivity contribution in [1.29, 1.82) is 0 Å². The molecule has 22 heavy (non-hydrogen) atoms. The van der Waals surface area contributed by atoms with E-state index >= 15 is 0 Å². The van der Waals surface area contributed by atoms with Gasteiger partial charge in [-0.15, -0.1) is 0 Å². The maximum absolute atomic E-state index is 13.2. The van der Waals surface area contributed by atoms with Crippen LogP contribution in [0.25, 0.3) is 10.9 Å². The van der Waals surface area contributed by atoms with Crippen molar-refractivity contribution in [2.24, 2.45) is 0 Å². The fourth-order valence-corrected chi connectivity index (χ4v) is 2.29. The monoisotopic (exact) mass is 315 g/mol. The van der Waals surface area contributed by atoms with Gasteiger partial charge in [0.1, 0.15) is 11.0 Å². The zero-order valence-corrected chi connectivity index (χ0v) is 12.1. The summed E-state index contributed by atoms with van der Waals surface area (Å²) in [6.07, 6.45) is 3.31. The minimum Gasteiger partial charge on any atom is -0.348 e. The highest BCUT2D eigenvalue weighted by Gasteiger charge is 2.13. The number of halogens is 2. The lowest BCUT2D eigenvalue weighted by molar-refractivity contribution is 0.0951. The van der Waals surface area contributed by atoms with Crippen molar-refractivity contribution < 1.29 is 9.18 Å². The van der Waals surface area contributed by atoms with Gasteiger partial charge in [0.2, 0.25) is 0 Å². The molecule has 0 radical (unpaired) electrons. The molecule has 3 aromatic rings. The molecule has 2 heterocycles. The summed E-state index contributed by atoms with van der Waals surface area (Å²) in [5.41, 5.74) is 1.60. The summed E-state index contributed by atoms with van der Waals surface area (Å²) in [4.78, 5) is 20.2. The highest BCUT2D eigenvalue weighted by Crippen LogP contribution is 2.21. The van der Waals surface area contributed by atoms with E-state index in [-0.39, 0.29) is 16.6 Å². The summed E-state index contributed by atoms with van der Waals surface area (Å²) in [5.74, 6) is -0.730. The van der Waals surface area contributed by atoms with Gasteiger partial charge in [0.05, 0.1) is 11.1 Å². The average Bonchev–Trinajstić information content (AvgIpc) is 2.53. The first-order valence-corrected chi connectivity index (χ1v) is 6.94. The third kappa shape index (κ3) is 3.04. The second kappa shape index (κ2) is 6.07. The van der Waals surface area contributed by atoms with Gasteiger partial charge in [-0.05, 0) is 35.9 Å². The molecule has 2 aromatic heterocycles. The van der Waals surface area contributed by atoms with E-state index in [1.807, 2.05) is 12.1 Å². The highest BCUT2D eigenvalue weighted by atomic mass is 35.5. The summed E-state index contributed by atoms with van der Waals surface area (Å²) < 4.78 is 13.2. The largest absolute Gasteiger partial charge is 0.348 e. The molecule has 0 aliphatic carbocycles. The first kappa shape index (κ1) is 14.4. The molecule has 1 N–H and O–H groups in total. The van der Waals surface area contributed by atoms with Crippen molar-refractivity contribution in [3.8, 4) is 0 Å². The highest BCUT2D eigenvalue weighted by molar-refractivity contribution is 6.33. The van der Waals surface area contributed by atoms with Gasteiger partial charge >= 0.3 is 0 Å². The van der Waals surface area contributed by atoms with Gasteiger partial charge in [-0.25, -0.2) is 9.37 Å². The molecule has 0 fully saturated rings. The van der Waals surface area contributed by atoms with E-state index in [4.69, 9.17) is 11.6 Å². The van der Waals surface area contributed by atoms with E-state index in [1.165, 1.54) is 12.1 Å². The van der Waals surface area contributed by atoms with Crippen LogP contribution in [0.5, 0.6) is 0 Å². The average molecular weight is 316 g/mol. The van der Waals surface area contributed by atoms with Crippen LogP contribution in [-0.4, -0.2) is 15.9 Å². The number of amides is 1. The molecular formula is C16H11ClFN3O. The van der Waals surface area contributed by atoms with E-state index in [9.17, 15) is 9.18 Å². The molecule has 0 aliphatic heterocycles. The predicted octanol–water partition coefficient (Wildman–Crippen LogP) is 3.35. The second-order valence-electron chi connectivity index (χ2n) is 4.70. The predicted molar refractivity (Wildman–Crippen MR) is 82.1 cm³/mol. The minimum absolute atomic E-state index is 0.0466. The first-order valence-electron chi connectivity index (χ1n) is 6.56. The normalized spacial score (nSPS) is 10.6. The lowest BCUT2D eigenvalue weighted by atomic mass is 10.1. The Morgan fingerprint density at radius 1 is 1.18 bits per heavy atom. The van der Waals surface area contributed by atoms with Crippen LogP contribution in [0.4, 0.5) is 4.39 Å². The summed E-state index contributed by atoms with van der Waals surface area (Å²) in [6.45, 7) is 0.360. The van der Waals surface area contributed by atoms with Crippen molar-refractivity contribution >= 4 is 28.4 Å². The third-order valence-corrected chi connectivity index (χ3v) is 3.47.